The Hall–Kier alpha value is -0.0800. The average molecular weight is 252 g/mol. The number of hydrogen-bond donors (Lipinski definition) is 1. The molecule has 0 amide bonds. The molecule has 1 saturated carbocycles. The molecule has 2 nitrogen and oxygen atoms in total. The maximum Gasteiger partial charge on any atom is 0.00217 e. The Labute approximate surface area is 113 Å². The fraction of sp³-hybridized carbons (Fsp3) is 1.00. The second kappa shape index (κ2) is 6.91. The minimum atomic E-state index is 0.732. The van der Waals surface area contributed by atoms with E-state index < -0.39 is 0 Å². The van der Waals surface area contributed by atoms with Gasteiger partial charge in [-0.15, -0.1) is 0 Å². The molecule has 2 aliphatic rings. The summed E-state index contributed by atoms with van der Waals surface area (Å²) >= 11 is 0. The van der Waals surface area contributed by atoms with Crippen LogP contribution >= 0.6 is 0 Å². The van der Waals surface area contributed by atoms with E-state index >= 15 is 0 Å². The predicted molar refractivity (Wildman–Crippen MR) is 78.6 cm³/mol. The van der Waals surface area contributed by atoms with Crippen LogP contribution in [0.4, 0.5) is 0 Å². The fourth-order valence-corrected chi connectivity index (χ4v) is 4.07. The van der Waals surface area contributed by atoms with Crippen LogP contribution in [0.1, 0.15) is 64.7 Å². The molecular weight excluding hydrogens is 220 g/mol. The van der Waals surface area contributed by atoms with E-state index in [0.29, 0.717) is 0 Å². The molecule has 1 aliphatic carbocycles. The molecule has 0 aromatic heterocycles. The molecule has 106 valence electrons. The van der Waals surface area contributed by atoms with Gasteiger partial charge in [0.25, 0.3) is 0 Å². The van der Waals surface area contributed by atoms with E-state index in [1.54, 1.807) is 0 Å². The van der Waals surface area contributed by atoms with Gasteiger partial charge in [0, 0.05) is 6.54 Å². The third kappa shape index (κ3) is 3.71. The molecular formula is C16H32N2. The minimum absolute atomic E-state index is 0.732. The zero-order chi connectivity index (χ0) is 12.8. The van der Waals surface area contributed by atoms with Crippen molar-refractivity contribution in [2.75, 3.05) is 26.2 Å². The molecule has 1 aliphatic heterocycles. The van der Waals surface area contributed by atoms with Crippen LogP contribution in [0.5, 0.6) is 0 Å². The van der Waals surface area contributed by atoms with E-state index in [4.69, 9.17) is 5.73 Å². The highest BCUT2D eigenvalue weighted by atomic mass is 15.1. The summed E-state index contributed by atoms with van der Waals surface area (Å²) in [7, 11) is 0. The number of rotatable bonds is 5. The van der Waals surface area contributed by atoms with Crippen LogP contribution in [0, 0.1) is 11.3 Å². The number of nitrogens with zero attached hydrogens (tertiary/aromatic N) is 1. The monoisotopic (exact) mass is 252 g/mol. The number of piperidine rings is 1. The largest absolute Gasteiger partial charge is 0.330 e. The fourth-order valence-electron chi connectivity index (χ4n) is 4.07. The van der Waals surface area contributed by atoms with Crippen LogP contribution < -0.4 is 5.73 Å². The van der Waals surface area contributed by atoms with Crippen LogP contribution in [0.2, 0.25) is 0 Å². The molecule has 0 radical (unpaired) electrons. The minimum Gasteiger partial charge on any atom is -0.330 e. The first-order valence-electron chi connectivity index (χ1n) is 8.20. The Balaban J connectivity index is 1.75. The van der Waals surface area contributed by atoms with E-state index in [9.17, 15) is 0 Å². The lowest BCUT2D eigenvalue weighted by Crippen LogP contribution is -2.43. The van der Waals surface area contributed by atoms with Crippen LogP contribution in [-0.2, 0) is 0 Å². The molecule has 2 N–H and O–H groups in total. The Kier molecular flexibility index (Phi) is 5.50. The summed E-state index contributed by atoms with van der Waals surface area (Å²) in [5.41, 5.74) is 6.63. The van der Waals surface area contributed by atoms with E-state index in [1.807, 2.05) is 0 Å². The summed E-state index contributed by atoms with van der Waals surface area (Å²) in [6.07, 6.45) is 13.0. The molecule has 18 heavy (non-hydrogen) atoms. The van der Waals surface area contributed by atoms with Gasteiger partial charge in [-0.25, -0.2) is 0 Å². The quantitative estimate of drug-likeness (QED) is 0.812. The van der Waals surface area contributed by atoms with Crippen molar-refractivity contribution in [3.8, 4) is 0 Å². The first-order valence-corrected chi connectivity index (χ1v) is 8.20. The van der Waals surface area contributed by atoms with Crippen LogP contribution in [0.15, 0.2) is 0 Å². The van der Waals surface area contributed by atoms with Crippen molar-refractivity contribution < 1.29 is 0 Å². The van der Waals surface area contributed by atoms with Crippen molar-refractivity contribution in [2.45, 2.75) is 64.7 Å². The van der Waals surface area contributed by atoms with Crippen molar-refractivity contribution in [2.24, 2.45) is 17.1 Å². The first-order chi connectivity index (χ1) is 8.78. The van der Waals surface area contributed by atoms with Crippen molar-refractivity contribution in [1.29, 1.82) is 0 Å². The lowest BCUT2D eigenvalue weighted by molar-refractivity contribution is 0.0595. The highest BCUT2D eigenvalue weighted by Crippen LogP contribution is 2.44. The Morgan fingerprint density at radius 2 is 1.72 bits per heavy atom. The highest BCUT2D eigenvalue weighted by molar-refractivity contribution is 4.88. The Morgan fingerprint density at radius 3 is 2.28 bits per heavy atom. The smallest absolute Gasteiger partial charge is 0.00217 e. The average Bonchev–Trinajstić information content (AvgIpc) is 2.42. The summed E-state index contributed by atoms with van der Waals surface area (Å²) in [4.78, 5) is 2.69. The van der Waals surface area contributed by atoms with Crippen LogP contribution in [-0.4, -0.2) is 31.1 Å². The van der Waals surface area contributed by atoms with Gasteiger partial charge in [-0.1, -0.05) is 32.6 Å². The van der Waals surface area contributed by atoms with Crippen molar-refractivity contribution >= 4 is 0 Å². The van der Waals surface area contributed by atoms with Gasteiger partial charge in [-0.2, -0.15) is 0 Å². The second-order valence-electron chi connectivity index (χ2n) is 6.75. The lowest BCUT2D eigenvalue weighted by atomic mass is 9.68. The van der Waals surface area contributed by atoms with Gasteiger partial charge < -0.3 is 10.6 Å². The van der Waals surface area contributed by atoms with E-state index in [2.05, 4.69) is 11.8 Å². The summed E-state index contributed by atoms with van der Waals surface area (Å²) in [5.74, 6) is 0.732. The molecule has 0 aromatic rings. The molecule has 2 rings (SSSR count). The third-order valence-corrected chi connectivity index (χ3v) is 5.38. The molecule has 1 spiro atoms. The number of nitrogens with two attached hydrogens (primary N) is 1. The Morgan fingerprint density at radius 1 is 1.06 bits per heavy atom. The molecule has 2 heteroatoms. The van der Waals surface area contributed by atoms with E-state index in [0.717, 1.165) is 17.9 Å². The SMILES string of the molecule is CCCC(CN)CN1CCC2(CCCCC2)CC1. The molecule has 2 fully saturated rings. The van der Waals surface area contributed by atoms with Gasteiger partial charge in [-0.3, -0.25) is 0 Å². The molecule has 1 unspecified atom stereocenters. The number of hydrogen-bond acceptors (Lipinski definition) is 2. The molecule has 1 atom stereocenters. The molecule has 0 bridgehead atoms. The summed E-state index contributed by atoms with van der Waals surface area (Å²) in [5, 5.41) is 0. The van der Waals surface area contributed by atoms with Crippen molar-refractivity contribution in [3.63, 3.8) is 0 Å². The summed E-state index contributed by atoms with van der Waals surface area (Å²) < 4.78 is 0. The summed E-state index contributed by atoms with van der Waals surface area (Å²) in [6, 6.07) is 0. The predicted octanol–water partition coefficient (Wildman–Crippen LogP) is 3.41. The maximum atomic E-state index is 5.89. The lowest BCUT2D eigenvalue weighted by Gasteiger charge is -2.45. The topological polar surface area (TPSA) is 29.3 Å². The first kappa shape index (κ1) is 14.3. The number of likely N-dealkylation sites (tertiary alicyclic amines) is 1. The van der Waals surface area contributed by atoms with Gasteiger partial charge in [0.05, 0.1) is 0 Å². The zero-order valence-electron chi connectivity index (χ0n) is 12.3. The third-order valence-electron chi connectivity index (χ3n) is 5.38. The van der Waals surface area contributed by atoms with Crippen LogP contribution in [0.3, 0.4) is 0 Å². The Bertz CT molecular complexity index is 223. The van der Waals surface area contributed by atoms with Crippen LogP contribution in [0.25, 0.3) is 0 Å². The second-order valence-corrected chi connectivity index (χ2v) is 6.75. The van der Waals surface area contributed by atoms with Crippen molar-refractivity contribution in [1.82, 2.24) is 4.90 Å². The zero-order valence-corrected chi connectivity index (χ0v) is 12.3. The van der Waals surface area contributed by atoms with Gasteiger partial charge in [0.15, 0.2) is 0 Å². The summed E-state index contributed by atoms with van der Waals surface area (Å²) in [6.45, 7) is 7.06. The standard InChI is InChI=1S/C16H32N2/c1-2-6-15(13-17)14-18-11-9-16(10-12-18)7-4-3-5-8-16/h15H,2-14,17H2,1H3. The molecule has 1 saturated heterocycles. The molecule has 1 heterocycles. The maximum absolute atomic E-state index is 5.89. The van der Waals surface area contributed by atoms with E-state index in [-0.39, 0.29) is 0 Å². The normalized spacial score (nSPS) is 26.3. The van der Waals surface area contributed by atoms with Gasteiger partial charge in [0.1, 0.15) is 0 Å². The van der Waals surface area contributed by atoms with Crippen molar-refractivity contribution in [3.05, 3.63) is 0 Å². The highest BCUT2D eigenvalue weighted by Gasteiger charge is 2.35. The van der Waals surface area contributed by atoms with Gasteiger partial charge in [0.2, 0.25) is 0 Å². The van der Waals surface area contributed by atoms with Gasteiger partial charge >= 0.3 is 0 Å². The van der Waals surface area contributed by atoms with Gasteiger partial charge in [-0.05, 0) is 63.1 Å². The molecule has 0 aromatic carbocycles. The van der Waals surface area contributed by atoms with E-state index in [1.165, 1.54) is 77.4 Å².